The molecule has 0 amide bonds. The Morgan fingerprint density at radius 1 is 1.19 bits per heavy atom. The first kappa shape index (κ1) is 11.6. The molecule has 1 unspecified atom stereocenters. The molecule has 1 fully saturated rings. The van der Waals surface area contributed by atoms with E-state index in [0.29, 0.717) is 0 Å². The second-order valence-electron chi connectivity index (χ2n) is 4.74. The van der Waals surface area contributed by atoms with Crippen LogP contribution in [0.5, 0.6) is 0 Å². The highest BCUT2D eigenvalue weighted by Crippen LogP contribution is 2.43. The van der Waals surface area contributed by atoms with Crippen LogP contribution in [-0.2, 0) is 14.9 Å². The van der Waals surface area contributed by atoms with Crippen LogP contribution in [0.1, 0.15) is 32.6 Å². The van der Waals surface area contributed by atoms with Crippen LogP contribution >= 0.6 is 0 Å². The van der Waals surface area contributed by atoms with Crippen LogP contribution in [0.3, 0.4) is 0 Å². The van der Waals surface area contributed by atoms with Crippen molar-refractivity contribution < 1.29 is 13.3 Å². The minimum absolute atomic E-state index is 0.453. The van der Waals surface area contributed by atoms with Gasteiger partial charge in [-0.05, 0) is 25.2 Å². The summed E-state index contributed by atoms with van der Waals surface area (Å²) in [5, 5.41) is 0. The van der Waals surface area contributed by atoms with Crippen LogP contribution in [0.25, 0.3) is 0 Å². The van der Waals surface area contributed by atoms with Crippen LogP contribution < -0.4 is 0 Å². The van der Waals surface area contributed by atoms with Crippen molar-refractivity contribution in [1.29, 1.82) is 0 Å². The summed E-state index contributed by atoms with van der Waals surface area (Å²) in [7, 11) is -3.39. The summed E-state index contributed by atoms with van der Waals surface area (Å²) in [6, 6.07) is 9.30. The molecule has 0 bridgehead atoms. The molecule has 0 spiro atoms. The predicted molar refractivity (Wildman–Crippen MR) is 60.8 cm³/mol. The zero-order valence-corrected chi connectivity index (χ0v) is 10.4. The Hall–Kier alpha value is -0.910. The van der Waals surface area contributed by atoms with E-state index in [1.54, 1.807) is 20.8 Å². The molecule has 0 aliphatic carbocycles. The van der Waals surface area contributed by atoms with Gasteiger partial charge in [-0.1, -0.05) is 30.3 Å². The zero-order chi connectivity index (χ0) is 12.0. The second-order valence-corrected chi connectivity index (χ2v) is 7.28. The standard InChI is InChI=1S/C11H15NO3S/c1-11(2,3)16(13,14)12-10(15-12)9-7-5-4-6-8-9/h4-8,10H,1-3H3/t10-,12?/m0/s1. The van der Waals surface area contributed by atoms with Crippen molar-refractivity contribution in [2.75, 3.05) is 0 Å². The van der Waals surface area contributed by atoms with Gasteiger partial charge in [0.15, 0.2) is 6.23 Å². The average Bonchev–Trinajstić information content (AvgIpc) is 2.97. The van der Waals surface area contributed by atoms with Crippen molar-refractivity contribution in [1.82, 2.24) is 4.47 Å². The summed E-state index contributed by atoms with van der Waals surface area (Å²) >= 11 is 0. The molecule has 0 radical (unpaired) electrons. The fraction of sp³-hybridized carbons (Fsp3) is 0.455. The highest BCUT2D eigenvalue weighted by atomic mass is 32.2. The Kier molecular flexibility index (Phi) is 2.57. The molecule has 1 heterocycles. The van der Waals surface area contributed by atoms with Crippen LogP contribution in [0.4, 0.5) is 0 Å². The first-order valence-corrected chi connectivity index (χ1v) is 6.54. The van der Waals surface area contributed by atoms with Crippen LogP contribution in [-0.4, -0.2) is 17.6 Å². The monoisotopic (exact) mass is 241 g/mol. The molecule has 16 heavy (non-hydrogen) atoms. The van der Waals surface area contributed by atoms with Gasteiger partial charge in [-0.15, -0.1) is 0 Å². The SMILES string of the molecule is CC(C)(C)S(=O)(=O)N1O[C@H]1c1ccccc1. The molecule has 0 aromatic heterocycles. The normalized spacial score (nSPS) is 25.4. The molecule has 1 aliphatic heterocycles. The van der Waals surface area contributed by atoms with Gasteiger partial charge < -0.3 is 0 Å². The quantitative estimate of drug-likeness (QED) is 0.745. The maximum atomic E-state index is 12.0. The largest absolute Gasteiger partial charge is 0.254 e. The topological polar surface area (TPSA) is 49.7 Å². The van der Waals surface area contributed by atoms with Crippen molar-refractivity contribution in [2.45, 2.75) is 31.7 Å². The van der Waals surface area contributed by atoms with Crippen molar-refractivity contribution in [3.63, 3.8) is 0 Å². The van der Waals surface area contributed by atoms with E-state index in [9.17, 15) is 8.42 Å². The lowest BCUT2D eigenvalue weighted by Crippen LogP contribution is -2.33. The summed E-state index contributed by atoms with van der Waals surface area (Å²) in [6.45, 7) is 4.98. The fourth-order valence-electron chi connectivity index (χ4n) is 1.32. The number of benzene rings is 1. The fourth-order valence-corrected chi connectivity index (χ4v) is 2.43. The summed E-state index contributed by atoms with van der Waals surface area (Å²) in [5.74, 6) is 0. The van der Waals surface area contributed by atoms with Crippen molar-refractivity contribution >= 4 is 10.0 Å². The Morgan fingerprint density at radius 3 is 2.25 bits per heavy atom. The third kappa shape index (κ3) is 1.86. The lowest BCUT2D eigenvalue weighted by atomic mass is 10.2. The van der Waals surface area contributed by atoms with Crippen molar-refractivity contribution in [3.05, 3.63) is 35.9 Å². The Bertz CT molecular complexity index is 476. The highest BCUT2D eigenvalue weighted by molar-refractivity contribution is 7.90. The van der Waals surface area contributed by atoms with E-state index in [0.717, 1.165) is 10.0 Å². The molecule has 2 rings (SSSR count). The summed E-state index contributed by atoms with van der Waals surface area (Å²) < 4.78 is 24.2. The van der Waals surface area contributed by atoms with Gasteiger partial charge in [0.1, 0.15) is 0 Å². The molecule has 5 heteroatoms. The van der Waals surface area contributed by atoms with Gasteiger partial charge in [0, 0.05) is 5.56 Å². The number of hydroxylamine groups is 1. The van der Waals surface area contributed by atoms with Gasteiger partial charge in [0.05, 0.1) is 4.75 Å². The smallest absolute Gasteiger partial charge is 0.243 e. The molecule has 88 valence electrons. The van der Waals surface area contributed by atoms with E-state index >= 15 is 0 Å². The molecule has 4 nitrogen and oxygen atoms in total. The van der Waals surface area contributed by atoms with Crippen LogP contribution in [0.15, 0.2) is 30.3 Å². The maximum Gasteiger partial charge on any atom is 0.243 e. The van der Waals surface area contributed by atoms with Crippen molar-refractivity contribution in [3.8, 4) is 0 Å². The number of rotatable bonds is 2. The van der Waals surface area contributed by atoms with Gasteiger partial charge in [-0.2, -0.15) is 0 Å². The zero-order valence-electron chi connectivity index (χ0n) is 9.54. The van der Waals surface area contributed by atoms with Gasteiger partial charge in [-0.3, -0.25) is 4.84 Å². The molecule has 0 saturated carbocycles. The van der Waals surface area contributed by atoms with Crippen LogP contribution in [0.2, 0.25) is 0 Å². The molecular weight excluding hydrogens is 226 g/mol. The number of hydrogen-bond donors (Lipinski definition) is 0. The van der Waals surface area contributed by atoms with E-state index in [1.165, 1.54) is 0 Å². The average molecular weight is 241 g/mol. The lowest BCUT2D eigenvalue weighted by Gasteiger charge is -2.17. The lowest BCUT2D eigenvalue weighted by molar-refractivity contribution is 0.278. The van der Waals surface area contributed by atoms with E-state index in [-0.39, 0.29) is 0 Å². The molecule has 1 aromatic carbocycles. The minimum Gasteiger partial charge on any atom is -0.254 e. The predicted octanol–water partition coefficient (Wildman–Crippen LogP) is 2.06. The third-order valence-corrected chi connectivity index (χ3v) is 4.74. The summed E-state index contributed by atoms with van der Waals surface area (Å²) in [6.07, 6.45) is -0.453. The van der Waals surface area contributed by atoms with E-state index in [2.05, 4.69) is 0 Å². The maximum absolute atomic E-state index is 12.0. The van der Waals surface area contributed by atoms with E-state index in [1.807, 2.05) is 30.3 Å². The molecule has 1 saturated heterocycles. The number of sulfonamides is 1. The van der Waals surface area contributed by atoms with Crippen molar-refractivity contribution in [2.24, 2.45) is 0 Å². The minimum atomic E-state index is -3.39. The first-order chi connectivity index (χ1) is 7.34. The number of nitrogens with zero attached hydrogens (tertiary/aromatic N) is 1. The first-order valence-electron chi connectivity index (χ1n) is 5.10. The Morgan fingerprint density at radius 2 is 1.75 bits per heavy atom. The molecule has 2 atom stereocenters. The van der Waals surface area contributed by atoms with E-state index < -0.39 is 21.0 Å². The molecule has 1 aromatic rings. The van der Waals surface area contributed by atoms with Gasteiger partial charge in [0.2, 0.25) is 10.0 Å². The summed E-state index contributed by atoms with van der Waals surface area (Å²) in [5.41, 5.74) is 0.857. The molecule has 1 aliphatic rings. The molecular formula is C11H15NO3S. The van der Waals surface area contributed by atoms with Crippen LogP contribution in [0, 0.1) is 0 Å². The summed E-state index contributed by atoms with van der Waals surface area (Å²) in [4.78, 5) is 5.14. The van der Waals surface area contributed by atoms with Gasteiger partial charge in [-0.25, -0.2) is 8.42 Å². The Balaban J connectivity index is 2.20. The second kappa shape index (κ2) is 3.55. The highest BCUT2D eigenvalue weighted by Gasteiger charge is 2.52. The van der Waals surface area contributed by atoms with Gasteiger partial charge in [0.25, 0.3) is 0 Å². The Labute approximate surface area is 95.8 Å². The number of hydrogen-bond acceptors (Lipinski definition) is 3. The van der Waals surface area contributed by atoms with Gasteiger partial charge >= 0.3 is 0 Å². The molecule has 0 N–H and O–H groups in total. The third-order valence-electron chi connectivity index (χ3n) is 2.45. The van der Waals surface area contributed by atoms with E-state index in [4.69, 9.17) is 4.84 Å².